The molecule has 4 nitrogen and oxygen atoms in total. The fraction of sp³-hybridized carbons (Fsp3) is 0.389. The predicted molar refractivity (Wildman–Crippen MR) is 97.6 cm³/mol. The lowest BCUT2D eigenvalue weighted by molar-refractivity contribution is -0.131. The first-order valence-electron chi connectivity index (χ1n) is 7.81. The molecule has 0 aliphatic rings. The summed E-state index contributed by atoms with van der Waals surface area (Å²) in [5, 5.41) is 0.160. The number of hydrogen-bond acceptors (Lipinski definition) is 2. The van der Waals surface area contributed by atoms with Crippen molar-refractivity contribution in [3.05, 3.63) is 58.9 Å². The van der Waals surface area contributed by atoms with Gasteiger partial charge < -0.3 is 14.2 Å². The summed E-state index contributed by atoms with van der Waals surface area (Å²) >= 11 is 12.0. The number of methoxy groups -OCH3 is 1. The smallest absolute Gasteiger partial charge is 0.240 e. The Morgan fingerprint density at radius 1 is 1.33 bits per heavy atom. The van der Waals surface area contributed by atoms with Crippen LogP contribution in [0.25, 0.3) is 0 Å². The Labute approximate surface area is 152 Å². The van der Waals surface area contributed by atoms with Crippen molar-refractivity contribution in [2.75, 3.05) is 20.3 Å². The van der Waals surface area contributed by atoms with Gasteiger partial charge in [0.15, 0.2) is 0 Å². The van der Waals surface area contributed by atoms with E-state index < -0.39 is 5.38 Å². The minimum atomic E-state index is -0.557. The average molecular weight is 369 g/mol. The molecule has 0 N–H and O–H groups in total. The van der Waals surface area contributed by atoms with Crippen molar-refractivity contribution in [1.29, 1.82) is 0 Å². The Balaban J connectivity index is 2.13. The molecule has 6 heteroatoms. The van der Waals surface area contributed by atoms with Crippen LogP contribution in [0.4, 0.5) is 0 Å². The van der Waals surface area contributed by atoms with E-state index in [-0.39, 0.29) is 5.91 Å². The Morgan fingerprint density at radius 2 is 2.12 bits per heavy atom. The van der Waals surface area contributed by atoms with Gasteiger partial charge in [-0.2, -0.15) is 0 Å². The zero-order chi connectivity index (χ0) is 17.5. The number of ether oxygens (including phenoxy) is 1. The molecule has 1 unspecified atom stereocenters. The van der Waals surface area contributed by atoms with E-state index in [1.54, 1.807) is 18.9 Å². The van der Waals surface area contributed by atoms with Crippen molar-refractivity contribution in [1.82, 2.24) is 9.47 Å². The molecule has 0 saturated carbocycles. The molecule has 1 atom stereocenters. The van der Waals surface area contributed by atoms with Gasteiger partial charge >= 0.3 is 0 Å². The van der Waals surface area contributed by atoms with Crippen LogP contribution in [-0.2, 0) is 22.6 Å². The van der Waals surface area contributed by atoms with Gasteiger partial charge in [0, 0.05) is 37.1 Å². The maximum atomic E-state index is 12.3. The number of benzene rings is 1. The summed E-state index contributed by atoms with van der Waals surface area (Å²) in [5.41, 5.74) is 2.15. The van der Waals surface area contributed by atoms with Crippen molar-refractivity contribution >= 4 is 29.1 Å². The van der Waals surface area contributed by atoms with Crippen LogP contribution < -0.4 is 0 Å². The van der Waals surface area contributed by atoms with Gasteiger partial charge in [0.05, 0.1) is 13.2 Å². The molecule has 0 saturated heterocycles. The van der Waals surface area contributed by atoms with Crippen LogP contribution in [0.3, 0.4) is 0 Å². The first kappa shape index (κ1) is 18.8. The van der Waals surface area contributed by atoms with Crippen molar-refractivity contribution in [3.8, 4) is 0 Å². The van der Waals surface area contributed by atoms with Gasteiger partial charge in [-0.3, -0.25) is 4.79 Å². The summed E-state index contributed by atoms with van der Waals surface area (Å²) in [5.74, 6) is -0.0933. The van der Waals surface area contributed by atoms with Gasteiger partial charge in [0.25, 0.3) is 0 Å². The number of nitrogens with zero attached hydrogens (tertiary/aromatic N) is 2. The Hall–Kier alpha value is -1.49. The second-order valence-corrected chi connectivity index (χ2v) is 6.72. The monoisotopic (exact) mass is 368 g/mol. The molecule has 2 rings (SSSR count). The van der Waals surface area contributed by atoms with Crippen LogP contribution in [0.1, 0.15) is 18.2 Å². The highest BCUT2D eigenvalue weighted by molar-refractivity contribution is 6.30. The number of carbonyl (C=O) groups is 1. The normalized spacial score (nSPS) is 12.2. The number of halogens is 2. The molecule has 1 aromatic carbocycles. The zero-order valence-electron chi connectivity index (χ0n) is 13.9. The zero-order valence-corrected chi connectivity index (χ0v) is 15.4. The van der Waals surface area contributed by atoms with Gasteiger partial charge in [-0.25, -0.2) is 0 Å². The molecule has 2 aromatic rings. The molecule has 0 bridgehead atoms. The number of carbonyl (C=O) groups excluding carboxylic acids is 1. The third kappa shape index (κ3) is 5.26. The van der Waals surface area contributed by atoms with Crippen LogP contribution in [0.2, 0.25) is 5.02 Å². The number of hydrogen-bond donors (Lipinski definition) is 0. The third-order valence-electron chi connectivity index (χ3n) is 3.74. The van der Waals surface area contributed by atoms with E-state index in [4.69, 9.17) is 27.9 Å². The minimum absolute atomic E-state index is 0.0933. The first-order chi connectivity index (χ1) is 11.5. The van der Waals surface area contributed by atoms with Gasteiger partial charge in [0.1, 0.15) is 5.38 Å². The fourth-order valence-corrected chi connectivity index (χ4v) is 2.85. The lowest BCUT2D eigenvalue weighted by Gasteiger charge is -2.24. The Bertz CT molecular complexity index is 671. The fourth-order valence-electron chi connectivity index (χ4n) is 2.50. The molecule has 0 fully saturated rings. The van der Waals surface area contributed by atoms with E-state index in [2.05, 4.69) is 4.57 Å². The average Bonchev–Trinajstić information content (AvgIpc) is 2.97. The van der Waals surface area contributed by atoms with Crippen LogP contribution in [-0.4, -0.2) is 41.0 Å². The lowest BCUT2D eigenvalue weighted by atomic mass is 10.2. The maximum Gasteiger partial charge on any atom is 0.240 e. The van der Waals surface area contributed by atoms with Gasteiger partial charge in [-0.15, -0.1) is 11.6 Å². The molecule has 0 aliphatic carbocycles. The minimum Gasteiger partial charge on any atom is -0.383 e. The Kier molecular flexibility index (Phi) is 7.16. The summed E-state index contributed by atoms with van der Waals surface area (Å²) in [6, 6.07) is 11.8. The number of alkyl halides is 1. The first-order valence-corrected chi connectivity index (χ1v) is 8.63. The summed E-state index contributed by atoms with van der Waals surface area (Å²) in [7, 11) is 1.62. The highest BCUT2D eigenvalue weighted by Crippen LogP contribution is 2.15. The predicted octanol–water partition coefficient (Wildman–Crippen LogP) is 3.79. The van der Waals surface area contributed by atoms with Gasteiger partial charge in [-0.1, -0.05) is 23.7 Å². The van der Waals surface area contributed by atoms with Crippen molar-refractivity contribution in [2.45, 2.75) is 25.4 Å². The SMILES string of the molecule is COCCN(Cc1cccn1Cc1cccc(Cl)c1)C(=O)C(C)Cl. The van der Waals surface area contributed by atoms with Crippen LogP contribution in [0.5, 0.6) is 0 Å². The topological polar surface area (TPSA) is 34.5 Å². The molecule has 130 valence electrons. The molecule has 1 heterocycles. The number of amides is 1. The summed E-state index contributed by atoms with van der Waals surface area (Å²) < 4.78 is 7.21. The summed E-state index contributed by atoms with van der Waals surface area (Å²) in [4.78, 5) is 14.0. The van der Waals surface area contributed by atoms with Gasteiger partial charge in [0.2, 0.25) is 5.91 Å². The highest BCUT2D eigenvalue weighted by Gasteiger charge is 2.19. The summed E-state index contributed by atoms with van der Waals surface area (Å²) in [6.45, 7) is 3.87. The second-order valence-electron chi connectivity index (χ2n) is 5.63. The quantitative estimate of drug-likeness (QED) is 0.664. The number of rotatable bonds is 8. The molecule has 0 spiro atoms. The second kappa shape index (κ2) is 9.11. The van der Waals surface area contributed by atoms with E-state index >= 15 is 0 Å². The van der Waals surface area contributed by atoms with E-state index in [0.717, 1.165) is 11.3 Å². The summed E-state index contributed by atoms with van der Waals surface area (Å²) in [6.07, 6.45) is 2.00. The molecular weight excluding hydrogens is 347 g/mol. The Morgan fingerprint density at radius 3 is 2.79 bits per heavy atom. The van der Waals surface area contributed by atoms with Crippen molar-refractivity contribution in [3.63, 3.8) is 0 Å². The lowest BCUT2D eigenvalue weighted by Crippen LogP contribution is -2.38. The van der Waals surface area contributed by atoms with Gasteiger partial charge in [-0.05, 0) is 36.8 Å². The third-order valence-corrected chi connectivity index (χ3v) is 4.16. The largest absolute Gasteiger partial charge is 0.383 e. The highest BCUT2D eigenvalue weighted by atomic mass is 35.5. The molecule has 0 radical (unpaired) electrons. The van der Waals surface area contributed by atoms with E-state index in [0.29, 0.717) is 31.3 Å². The molecule has 1 amide bonds. The van der Waals surface area contributed by atoms with Crippen molar-refractivity contribution < 1.29 is 9.53 Å². The molecule has 24 heavy (non-hydrogen) atoms. The van der Waals surface area contributed by atoms with Crippen LogP contribution in [0.15, 0.2) is 42.6 Å². The van der Waals surface area contributed by atoms with E-state index in [9.17, 15) is 4.79 Å². The standard InChI is InChI=1S/C18H22Cl2N2O2/c1-14(19)18(23)22(9-10-24-2)13-17-7-4-8-21(17)12-15-5-3-6-16(20)11-15/h3-8,11,14H,9-10,12-13H2,1-2H3. The van der Waals surface area contributed by atoms with Crippen molar-refractivity contribution in [2.24, 2.45) is 0 Å². The number of aromatic nitrogens is 1. The molecule has 1 aromatic heterocycles. The van der Waals surface area contributed by atoms with E-state index in [1.165, 1.54) is 0 Å². The maximum absolute atomic E-state index is 12.3. The van der Waals surface area contributed by atoms with Crippen LogP contribution in [0, 0.1) is 0 Å². The van der Waals surface area contributed by atoms with E-state index in [1.807, 2.05) is 42.6 Å². The molecule has 0 aliphatic heterocycles. The van der Waals surface area contributed by atoms with Crippen LogP contribution >= 0.6 is 23.2 Å². The molecular formula is C18H22Cl2N2O2.